The molecule has 57 heavy (non-hydrogen) atoms. The quantitative estimate of drug-likeness (QED) is 0.138. The van der Waals surface area contributed by atoms with E-state index < -0.39 is 28.7 Å². The Hall–Kier alpha value is -4.61. The summed E-state index contributed by atoms with van der Waals surface area (Å²) < 4.78 is 12.1. The first-order chi connectivity index (χ1) is 27.7. The fraction of sp³-hybridized carbons (Fsp3) is 0.111. The van der Waals surface area contributed by atoms with Crippen LogP contribution in [0.1, 0.15) is 33.4 Å². The fourth-order valence-electron chi connectivity index (χ4n) is 6.53. The summed E-state index contributed by atoms with van der Waals surface area (Å²) in [5.74, 6) is 0. The van der Waals surface area contributed by atoms with Crippen LogP contribution in [0.4, 0.5) is 0 Å². The predicted molar refractivity (Wildman–Crippen MR) is 254 cm³/mol. The molecule has 0 aliphatic carbocycles. The van der Waals surface area contributed by atoms with Gasteiger partial charge in [0.15, 0.2) is 0 Å². The number of benzene rings is 8. The zero-order valence-corrected chi connectivity index (χ0v) is 40.4. The minimum atomic E-state index is -1.70. The molecule has 0 unspecified atom stereocenters. The van der Waals surface area contributed by atoms with Gasteiger partial charge < -0.3 is 0 Å². The molecule has 0 amide bonds. The van der Waals surface area contributed by atoms with Crippen molar-refractivity contribution in [2.75, 3.05) is 0 Å². The standard InChI is InChI=1S/2C21H21Ge.C12H10Ge/c2*1-16-4-10-19(11-5-16)22(20-12-6-17(2)7-13-20)21-14-8-18(3)9-15-21;1-3-7-11(8-4-1)13-12-9-5-2-6-10-12/h2*4-15H,1-3H3;1-10H. The van der Waals surface area contributed by atoms with E-state index in [4.69, 9.17) is 0 Å². The Bertz CT molecular complexity index is 1980. The number of hydrogen-bond acceptors (Lipinski definition) is 0. The summed E-state index contributed by atoms with van der Waals surface area (Å²) in [5.41, 5.74) is 7.97. The molecule has 8 rings (SSSR count). The van der Waals surface area contributed by atoms with Gasteiger partial charge in [-0.2, -0.15) is 0 Å². The third-order valence-corrected chi connectivity index (χ3v) is 24.0. The molecule has 8 aromatic rings. The van der Waals surface area contributed by atoms with Gasteiger partial charge >= 0.3 is 360 Å². The maximum atomic E-state index is 2.32. The van der Waals surface area contributed by atoms with Gasteiger partial charge in [-0.15, -0.1) is 0 Å². The Kier molecular flexibility index (Phi) is 15.6. The van der Waals surface area contributed by atoms with Crippen LogP contribution in [0, 0.1) is 41.5 Å². The molecule has 0 aromatic heterocycles. The van der Waals surface area contributed by atoms with Crippen molar-refractivity contribution in [3.05, 3.63) is 240 Å². The first kappa shape index (κ1) is 42.0. The Morgan fingerprint density at radius 3 is 0.579 bits per heavy atom. The zero-order chi connectivity index (χ0) is 40.0. The summed E-state index contributed by atoms with van der Waals surface area (Å²) in [6, 6.07) is 76.2. The summed E-state index contributed by atoms with van der Waals surface area (Å²) in [5, 5.41) is 0. The van der Waals surface area contributed by atoms with E-state index >= 15 is 0 Å². The molecular weight excluding hydrogens is 866 g/mol. The van der Waals surface area contributed by atoms with Crippen molar-refractivity contribution in [2.45, 2.75) is 41.5 Å². The summed E-state index contributed by atoms with van der Waals surface area (Å²) in [7, 11) is 0. The SMILES string of the molecule is Cc1cc[c]([Ge]([c]2ccc(C)cc2)[c]2ccc(C)cc2)cc1.Cc1cc[c]([Ge]([c]2ccc(C)cc2)[c]2ccc(C)cc2)cc1.c1cc[c]([Ge][c]2ccccc2)cc1. The van der Waals surface area contributed by atoms with E-state index in [0.29, 0.717) is 0 Å². The zero-order valence-electron chi connectivity index (χ0n) is 34.1. The normalized spacial score (nSPS) is 10.7. The molecule has 0 N–H and O–H groups in total. The van der Waals surface area contributed by atoms with Gasteiger partial charge in [-0.05, 0) is 0 Å². The summed E-state index contributed by atoms with van der Waals surface area (Å²) >= 11 is -3.51. The van der Waals surface area contributed by atoms with Gasteiger partial charge in [-0.1, -0.05) is 0 Å². The molecule has 0 fully saturated rings. The van der Waals surface area contributed by atoms with Gasteiger partial charge in [0.25, 0.3) is 0 Å². The number of rotatable bonds is 8. The molecule has 0 spiro atoms. The average Bonchev–Trinajstić information content (AvgIpc) is 3.23. The fourth-order valence-corrected chi connectivity index (χ4v) is 19.2. The van der Waals surface area contributed by atoms with E-state index in [9.17, 15) is 0 Å². The van der Waals surface area contributed by atoms with Crippen molar-refractivity contribution >= 4 is 79.3 Å². The molecule has 8 aromatic carbocycles. The molecule has 0 aliphatic rings. The molecule has 0 bridgehead atoms. The van der Waals surface area contributed by atoms with Crippen LogP contribution in [0.3, 0.4) is 0 Å². The number of aryl methyl sites for hydroxylation is 6. The van der Waals surface area contributed by atoms with E-state index in [0.717, 1.165) is 0 Å². The van der Waals surface area contributed by atoms with E-state index in [1.807, 2.05) is 0 Å². The third-order valence-electron chi connectivity index (χ3n) is 9.88. The second kappa shape index (κ2) is 21.2. The first-order valence-electron chi connectivity index (χ1n) is 19.7. The third kappa shape index (κ3) is 12.7. The molecule has 0 heterocycles. The van der Waals surface area contributed by atoms with Crippen LogP contribution < -0.4 is 35.2 Å². The van der Waals surface area contributed by atoms with Gasteiger partial charge in [-0.25, -0.2) is 0 Å². The van der Waals surface area contributed by atoms with Crippen LogP contribution in [-0.2, 0) is 0 Å². The molecule has 0 saturated heterocycles. The van der Waals surface area contributed by atoms with Gasteiger partial charge in [0.05, 0.1) is 0 Å². The van der Waals surface area contributed by atoms with Gasteiger partial charge in [0.1, 0.15) is 0 Å². The van der Waals surface area contributed by atoms with Crippen LogP contribution in [0.5, 0.6) is 0 Å². The Labute approximate surface area is 357 Å². The van der Waals surface area contributed by atoms with Crippen LogP contribution in [0.2, 0.25) is 0 Å². The molecule has 0 nitrogen and oxygen atoms in total. The van der Waals surface area contributed by atoms with Crippen molar-refractivity contribution in [1.29, 1.82) is 0 Å². The van der Waals surface area contributed by atoms with Crippen molar-refractivity contribution in [1.82, 2.24) is 0 Å². The van der Waals surface area contributed by atoms with Crippen LogP contribution >= 0.6 is 0 Å². The topological polar surface area (TPSA) is 0 Å². The minimum absolute atomic E-state index is 0.108. The van der Waals surface area contributed by atoms with Crippen molar-refractivity contribution in [2.24, 2.45) is 0 Å². The second-order valence-electron chi connectivity index (χ2n) is 14.8. The molecule has 0 saturated carbocycles. The monoisotopic (exact) mass is 922 g/mol. The molecule has 3 heteroatoms. The predicted octanol–water partition coefficient (Wildman–Crippen LogP) is 7.60. The van der Waals surface area contributed by atoms with Crippen molar-refractivity contribution < 1.29 is 0 Å². The van der Waals surface area contributed by atoms with Gasteiger partial charge in [-0.3, -0.25) is 0 Å². The van der Waals surface area contributed by atoms with Crippen molar-refractivity contribution in [3.63, 3.8) is 0 Å². The molecule has 0 atom stereocenters. The summed E-state index contributed by atoms with van der Waals surface area (Å²) in [6.07, 6.45) is 0. The van der Waals surface area contributed by atoms with E-state index in [1.54, 1.807) is 0 Å². The second-order valence-corrected chi connectivity index (χ2v) is 28.2. The first-order valence-corrected chi connectivity index (χ1v) is 28.1. The van der Waals surface area contributed by atoms with Crippen molar-refractivity contribution in [3.8, 4) is 0 Å². The van der Waals surface area contributed by atoms with Gasteiger partial charge in [0, 0.05) is 0 Å². The van der Waals surface area contributed by atoms with Gasteiger partial charge in [0.2, 0.25) is 0 Å². The average molecular weight is 919 g/mol. The Morgan fingerprint density at radius 1 is 0.228 bits per heavy atom. The van der Waals surface area contributed by atoms with Crippen LogP contribution in [0.25, 0.3) is 0 Å². The molecular formula is C54H52Ge3. The van der Waals surface area contributed by atoms with Crippen LogP contribution in [-0.4, -0.2) is 44.1 Å². The molecule has 0 aliphatic heterocycles. The maximum absolute atomic E-state index is 2.32. The molecule has 4 radical (unpaired) electrons. The summed E-state index contributed by atoms with van der Waals surface area (Å²) in [6.45, 7) is 12.9. The van der Waals surface area contributed by atoms with Crippen LogP contribution in [0.15, 0.2) is 206 Å². The summed E-state index contributed by atoms with van der Waals surface area (Å²) in [4.78, 5) is 0. The van der Waals surface area contributed by atoms with E-state index in [1.165, 1.54) is 68.5 Å². The Morgan fingerprint density at radius 2 is 0.404 bits per heavy atom. The molecule has 280 valence electrons. The number of hydrogen-bond donors (Lipinski definition) is 0. The van der Waals surface area contributed by atoms with E-state index in [-0.39, 0.29) is 15.4 Å². The van der Waals surface area contributed by atoms with E-state index in [2.05, 4.69) is 248 Å². The Balaban J connectivity index is 0.000000150.